The van der Waals surface area contributed by atoms with Crippen molar-refractivity contribution in [2.75, 3.05) is 6.61 Å². The van der Waals surface area contributed by atoms with E-state index in [0.717, 1.165) is 5.06 Å². The molecule has 4 nitrogen and oxygen atoms in total. The molecule has 0 saturated heterocycles. The van der Waals surface area contributed by atoms with E-state index in [2.05, 4.69) is 0 Å². The third kappa shape index (κ3) is 4.46. The lowest BCUT2D eigenvalue weighted by Crippen LogP contribution is -2.49. The minimum absolute atomic E-state index is 0.315. The van der Waals surface area contributed by atoms with Crippen molar-refractivity contribution in [3.63, 3.8) is 0 Å². The Labute approximate surface area is 99.8 Å². The molecule has 96 valence electrons. The fourth-order valence-corrected chi connectivity index (χ4v) is 2.89. The van der Waals surface area contributed by atoms with Crippen LogP contribution < -0.4 is 0 Å². The van der Waals surface area contributed by atoms with E-state index < -0.39 is 19.3 Å². The van der Waals surface area contributed by atoms with Crippen molar-refractivity contribution in [3.8, 4) is 0 Å². The molecular formula is C11H25NO3P+. The highest BCUT2D eigenvalue weighted by Gasteiger charge is 2.50. The molecule has 0 heterocycles. The molecule has 0 aromatic carbocycles. The summed E-state index contributed by atoms with van der Waals surface area (Å²) in [6.07, 6.45) is 0. The fraction of sp³-hybridized carbons (Fsp3) is 1.00. The zero-order valence-corrected chi connectivity index (χ0v) is 12.3. The Hall–Kier alpha value is -0.0200. The van der Waals surface area contributed by atoms with Crippen molar-refractivity contribution in [1.29, 1.82) is 0 Å². The Balaban J connectivity index is 5.04. The zero-order chi connectivity index (χ0) is 13.1. The van der Waals surface area contributed by atoms with Crippen LogP contribution in [0.4, 0.5) is 0 Å². The minimum atomic E-state index is -1.91. The van der Waals surface area contributed by atoms with Crippen molar-refractivity contribution in [3.05, 3.63) is 0 Å². The van der Waals surface area contributed by atoms with Gasteiger partial charge in [0.05, 0.1) is 6.61 Å². The summed E-state index contributed by atoms with van der Waals surface area (Å²) in [4.78, 5) is 0. The second kappa shape index (κ2) is 5.54. The van der Waals surface area contributed by atoms with Crippen LogP contribution in [0.5, 0.6) is 0 Å². The summed E-state index contributed by atoms with van der Waals surface area (Å²) in [6, 6.07) is 0. The number of rotatable bonds is 4. The van der Waals surface area contributed by atoms with E-state index in [4.69, 9.17) is 4.52 Å². The van der Waals surface area contributed by atoms with E-state index in [9.17, 15) is 9.77 Å². The second-order valence-electron chi connectivity index (χ2n) is 5.96. The Kier molecular flexibility index (Phi) is 5.54. The monoisotopic (exact) mass is 250 g/mol. The van der Waals surface area contributed by atoms with Crippen molar-refractivity contribution < 1.29 is 14.3 Å². The molecule has 0 aliphatic rings. The van der Waals surface area contributed by atoms with E-state index >= 15 is 0 Å². The van der Waals surface area contributed by atoms with Gasteiger partial charge in [0.15, 0.2) is 0 Å². The first-order valence-corrected chi connectivity index (χ1v) is 6.84. The van der Waals surface area contributed by atoms with Gasteiger partial charge < -0.3 is 5.21 Å². The first-order chi connectivity index (χ1) is 7.01. The molecule has 0 radical (unpaired) electrons. The Morgan fingerprint density at radius 3 is 1.94 bits per heavy atom. The van der Waals surface area contributed by atoms with Gasteiger partial charge in [0.1, 0.15) is 0 Å². The van der Waals surface area contributed by atoms with E-state index in [1.807, 2.05) is 41.5 Å². The molecule has 0 spiro atoms. The first-order valence-electron chi connectivity index (χ1n) is 5.59. The molecule has 5 heteroatoms. The predicted octanol–water partition coefficient (Wildman–Crippen LogP) is 3.63. The summed E-state index contributed by atoms with van der Waals surface area (Å²) < 4.78 is 17.2. The molecule has 16 heavy (non-hydrogen) atoms. The standard InChI is InChI=1S/C11H25NO3P/c1-8-15-16(14)9(10(2,3)4)12(13)11(5,6)7/h9,13H,8H2,1-7H3/q+1. The van der Waals surface area contributed by atoms with E-state index in [1.54, 1.807) is 6.92 Å². The lowest BCUT2D eigenvalue weighted by Gasteiger charge is -2.35. The van der Waals surface area contributed by atoms with Crippen LogP contribution in [0.3, 0.4) is 0 Å². The summed E-state index contributed by atoms with van der Waals surface area (Å²) in [7, 11) is -1.91. The van der Waals surface area contributed by atoms with Crippen LogP contribution in [0.2, 0.25) is 0 Å². The maximum Gasteiger partial charge on any atom is 0.530 e. The highest BCUT2D eigenvalue weighted by Crippen LogP contribution is 2.44. The summed E-state index contributed by atoms with van der Waals surface area (Å²) in [5, 5.41) is 11.3. The highest BCUT2D eigenvalue weighted by atomic mass is 31.1. The average Bonchev–Trinajstić information content (AvgIpc) is 1.99. The topological polar surface area (TPSA) is 49.8 Å². The largest absolute Gasteiger partial charge is 0.530 e. The third-order valence-electron chi connectivity index (χ3n) is 2.15. The SMILES string of the molecule is CCO[P+](=O)C(N(O)C(C)(C)C)C(C)(C)C. The summed E-state index contributed by atoms with van der Waals surface area (Å²) >= 11 is 0. The molecule has 0 rings (SSSR count). The quantitative estimate of drug-likeness (QED) is 0.611. The maximum atomic E-state index is 12.0. The second-order valence-corrected chi connectivity index (χ2v) is 7.28. The van der Waals surface area contributed by atoms with E-state index in [0.29, 0.717) is 6.61 Å². The molecule has 2 unspecified atom stereocenters. The van der Waals surface area contributed by atoms with Gasteiger partial charge in [0.25, 0.3) is 5.78 Å². The van der Waals surface area contributed by atoms with Crippen LogP contribution in [0.1, 0.15) is 48.5 Å². The van der Waals surface area contributed by atoms with Gasteiger partial charge in [-0.15, -0.1) is 9.59 Å². The van der Waals surface area contributed by atoms with Gasteiger partial charge in [0, 0.05) is 11.0 Å². The van der Waals surface area contributed by atoms with Crippen LogP contribution in [0, 0.1) is 5.41 Å². The number of hydroxylamine groups is 2. The van der Waals surface area contributed by atoms with Gasteiger partial charge in [-0.3, -0.25) is 0 Å². The number of hydrogen-bond donors (Lipinski definition) is 1. The normalized spacial score (nSPS) is 16.4. The van der Waals surface area contributed by atoms with Crippen LogP contribution in [0.15, 0.2) is 0 Å². The molecule has 0 fully saturated rings. The lowest BCUT2D eigenvalue weighted by molar-refractivity contribution is -0.187. The van der Waals surface area contributed by atoms with Gasteiger partial charge in [-0.25, -0.2) is 0 Å². The highest BCUT2D eigenvalue weighted by molar-refractivity contribution is 7.40. The summed E-state index contributed by atoms with van der Waals surface area (Å²) in [6.45, 7) is 13.6. The molecule has 0 aliphatic heterocycles. The first kappa shape index (κ1) is 16.0. The molecular weight excluding hydrogens is 225 g/mol. The Bertz CT molecular complexity index is 243. The summed E-state index contributed by atoms with van der Waals surface area (Å²) in [5.41, 5.74) is -0.773. The molecule has 0 saturated carbocycles. The van der Waals surface area contributed by atoms with E-state index in [1.165, 1.54) is 0 Å². The van der Waals surface area contributed by atoms with Crippen LogP contribution in [-0.2, 0) is 9.09 Å². The molecule has 1 N–H and O–H groups in total. The molecule has 0 aromatic heterocycles. The van der Waals surface area contributed by atoms with Crippen LogP contribution in [0.25, 0.3) is 0 Å². The molecule has 0 amide bonds. The Morgan fingerprint density at radius 2 is 1.69 bits per heavy atom. The maximum absolute atomic E-state index is 12.0. The third-order valence-corrected chi connectivity index (χ3v) is 4.05. The Morgan fingerprint density at radius 1 is 1.25 bits per heavy atom. The van der Waals surface area contributed by atoms with E-state index in [-0.39, 0.29) is 5.41 Å². The van der Waals surface area contributed by atoms with Gasteiger partial charge >= 0.3 is 8.03 Å². The van der Waals surface area contributed by atoms with Gasteiger partial charge in [0.2, 0.25) is 0 Å². The van der Waals surface area contributed by atoms with Crippen LogP contribution in [-0.4, -0.2) is 28.2 Å². The molecule has 0 bridgehead atoms. The zero-order valence-electron chi connectivity index (χ0n) is 11.4. The minimum Gasteiger partial charge on any atom is -0.309 e. The van der Waals surface area contributed by atoms with Crippen molar-refractivity contribution in [1.82, 2.24) is 5.06 Å². The van der Waals surface area contributed by atoms with Gasteiger partial charge in [-0.2, -0.15) is 0 Å². The van der Waals surface area contributed by atoms with Crippen LogP contribution >= 0.6 is 8.03 Å². The summed E-state index contributed by atoms with van der Waals surface area (Å²) in [5.74, 6) is -0.512. The predicted molar refractivity (Wildman–Crippen MR) is 65.9 cm³/mol. The molecule has 0 aromatic rings. The van der Waals surface area contributed by atoms with Gasteiger partial charge in [-0.1, -0.05) is 20.8 Å². The van der Waals surface area contributed by atoms with Gasteiger partial charge in [-0.05, 0) is 32.3 Å². The average molecular weight is 250 g/mol. The lowest BCUT2D eigenvalue weighted by atomic mass is 9.94. The fourth-order valence-electron chi connectivity index (χ4n) is 1.34. The molecule has 2 atom stereocenters. The smallest absolute Gasteiger partial charge is 0.309 e. The number of hydrogen-bond acceptors (Lipinski definition) is 4. The molecule has 0 aliphatic carbocycles. The number of nitrogens with zero attached hydrogens (tertiary/aromatic N) is 1. The van der Waals surface area contributed by atoms with Crippen molar-refractivity contribution in [2.24, 2.45) is 5.41 Å². The van der Waals surface area contributed by atoms with Crippen molar-refractivity contribution in [2.45, 2.75) is 59.8 Å². The van der Waals surface area contributed by atoms with Crippen molar-refractivity contribution >= 4 is 8.03 Å².